The van der Waals surface area contributed by atoms with Gasteiger partial charge in [-0.15, -0.1) is 0 Å². The van der Waals surface area contributed by atoms with Crippen LogP contribution in [0.1, 0.15) is 51.5 Å². The van der Waals surface area contributed by atoms with Crippen LogP contribution < -0.4 is 22.1 Å². The summed E-state index contributed by atoms with van der Waals surface area (Å²) < 4.78 is 45.9. The van der Waals surface area contributed by atoms with Crippen LogP contribution in [-0.2, 0) is 30.3 Å². The lowest BCUT2D eigenvalue weighted by Crippen LogP contribution is -2.52. The van der Waals surface area contributed by atoms with E-state index in [9.17, 15) is 37.5 Å². The zero-order valence-electron chi connectivity index (χ0n) is 22.6. The van der Waals surface area contributed by atoms with Crippen molar-refractivity contribution in [2.45, 2.75) is 82.6 Å². The average Bonchev–Trinajstić information content (AvgIpc) is 3.28. The molecule has 5 atom stereocenters. The number of ether oxygens (including phenoxy) is 1. The number of carbonyl (C=O) groups is 4. The quantitative estimate of drug-likeness (QED) is 0.178. The van der Waals surface area contributed by atoms with Gasteiger partial charge < -0.3 is 36.8 Å². The number of hydrogen-bond donors (Lipinski definition) is 5. The largest absolute Gasteiger partial charge is 0.480 e. The number of rotatable bonds is 16. The molecule has 7 N–H and O–H groups in total. The van der Waals surface area contributed by atoms with Crippen LogP contribution in [0.3, 0.4) is 0 Å². The highest BCUT2D eigenvalue weighted by Crippen LogP contribution is 2.21. The number of amides is 3. The van der Waals surface area contributed by atoms with Crippen LogP contribution in [0, 0.1) is 17.5 Å². The normalized spacial score (nSPS) is 19.2. The fourth-order valence-electron chi connectivity index (χ4n) is 4.69. The van der Waals surface area contributed by atoms with Crippen molar-refractivity contribution in [1.82, 2.24) is 15.5 Å². The van der Waals surface area contributed by atoms with Gasteiger partial charge in [-0.3, -0.25) is 14.4 Å². The van der Waals surface area contributed by atoms with Crippen molar-refractivity contribution in [1.29, 1.82) is 0 Å². The van der Waals surface area contributed by atoms with Gasteiger partial charge in [0.1, 0.15) is 11.9 Å². The third-order valence-electron chi connectivity index (χ3n) is 6.61. The molecule has 3 amide bonds. The molecule has 11 nitrogen and oxygen atoms in total. The molecule has 14 heteroatoms. The predicted molar refractivity (Wildman–Crippen MR) is 138 cm³/mol. The molecule has 1 aromatic rings. The Bertz CT molecular complexity index is 1060. The number of hydrogen-bond acceptors (Lipinski definition) is 7. The summed E-state index contributed by atoms with van der Waals surface area (Å²) in [4.78, 5) is 49.9. The van der Waals surface area contributed by atoms with Crippen LogP contribution in [0.5, 0.6) is 0 Å². The van der Waals surface area contributed by atoms with E-state index in [0.717, 1.165) is 0 Å². The highest BCUT2D eigenvalue weighted by atomic mass is 19.2. The van der Waals surface area contributed by atoms with E-state index in [1.165, 1.54) is 4.90 Å². The molecule has 0 saturated carbocycles. The lowest BCUT2D eigenvalue weighted by Gasteiger charge is -2.28. The van der Waals surface area contributed by atoms with Crippen LogP contribution in [0.15, 0.2) is 12.1 Å². The van der Waals surface area contributed by atoms with Gasteiger partial charge in [0.05, 0.1) is 12.6 Å². The monoisotopic (exact) mass is 573 g/mol. The maximum atomic E-state index is 13.9. The van der Waals surface area contributed by atoms with Crippen LogP contribution in [0.2, 0.25) is 0 Å². The van der Waals surface area contributed by atoms with Gasteiger partial charge in [-0.1, -0.05) is 0 Å². The third kappa shape index (κ3) is 10.1. The standard InChI is InChI=1S/C26H38F3N5O6/c1-3-40-13-17(5-4-6-23(31)35)32-14(2)25(37)34-12-18(10-22(34)26(38)39)33-24(36)9-16(30)7-15-8-20(28)21(29)11-19(15)27/h8,11,14,16-18,22,32H,3-7,9-10,12-13,30H2,1-2H3,(H2,31,35)(H,33,36)(H,38,39)/t14-,16+,17?,18-,22-/m0/s1. The van der Waals surface area contributed by atoms with Crippen molar-refractivity contribution in [3.05, 3.63) is 35.1 Å². The maximum Gasteiger partial charge on any atom is 0.326 e. The first-order chi connectivity index (χ1) is 18.8. The maximum absolute atomic E-state index is 13.9. The summed E-state index contributed by atoms with van der Waals surface area (Å²) in [5, 5.41) is 15.5. The predicted octanol–water partition coefficient (Wildman–Crippen LogP) is 0.573. The molecule has 1 heterocycles. The second kappa shape index (κ2) is 15.5. The minimum Gasteiger partial charge on any atom is -0.480 e. The van der Waals surface area contributed by atoms with Crippen molar-refractivity contribution in [3.63, 3.8) is 0 Å². The first-order valence-corrected chi connectivity index (χ1v) is 13.2. The topological polar surface area (TPSA) is 177 Å². The third-order valence-corrected chi connectivity index (χ3v) is 6.61. The van der Waals surface area contributed by atoms with E-state index in [4.69, 9.17) is 16.2 Å². The number of benzene rings is 1. The first kappa shape index (κ1) is 33.0. The van der Waals surface area contributed by atoms with Gasteiger partial charge in [0.25, 0.3) is 0 Å². The molecule has 0 aromatic heterocycles. The molecule has 1 fully saturated rings. The molecule has 224 valence electrons. The van der Waals surface area contributed by atoms with Crippen molar-refractivity contribution in [2.24, 2.45) is 11.5 Å². The number of carbonyl (C=O) groups excluding carboxylic acids is 3. The van der Waals surface area contributed by atoms with E-state index in [2.05, 4.69) is 10.6 Å². The van der Waals surface area contributed by atoms with Gasteiger partial charge in [-0.2, -0.15) is 0 Å². The molecule has 0 radical (unpaired) electrons. The van der Waals surface area contributed by atoms with Gasteiger partial charge in [-0.25, -0.2) is 18.0 Å². The van der Waals surface area contributed by atoms with Gasteiger partial charge >= 0.3 is 5.97 Å². The number of nitrogens with zero attached hydrogens (tertiary/aromatic N) is 1. The zero-order valence-corrected chi connectivity index (χ0v) is 22.6. The summed E-state index contributed by atoms with van der Waals surface area (Å²) >= 11 is 0. The number of primary amides is 1. The second-order valence-electron chi connectivity index (χ2n) is 9.97. The number of halogens is 3. The summed E-state index contributed by atoms with van der Waals surface area (Å²) in [7, 11) is 0. The average molecular weight is 574 g/mol. The molecule has 1 aliphatic heterocycles. The molecule has 0 bridgehead atoms. The molecular weight excluding hydrogens is 535 g/mol. The highest BCUT2D eigenvalue weighted by Gasteiger charge is 2.41. The molecule has 1 saturated heterocycles. The van der Waals surface area contributed by atoms with Crippen molar-refractivity contribution in [3.8, 4) is 0 Å². The second-order valence-corrected chi connectivity index (χ2v) is 9.97. The van der Waals surface area contributed by atoms with Crippen molar-refractivity contribution < 1.29 is 42.2 Å². The first-order valence-electron chi connectivity index (χ1n) is 13.2. The Labute approximate surface area is 230 Å². The highest BCUT2D eigenvalue weighted by molar-refractivity contribution is 5.88. The van der Waals surface area contributed by atoms with Crippen LogP contribution in [-0.4, -0.2) is 83.7 Å². The van der Waals surface area contributed by atoms with E-state index in [1.54, 1.807) is 6.92 Å². The van der Waals surface area contributed by atoms with E-state index in [1.807, 2.05) is 6.92 Å². The van der Waals surface area contributed by atoms with Gasteiger partial charge in [-0.05, 0) is 44.7 Å². The van der Waals surface area contributed by atoms with Gasteiger partial charge in [0.2, 0.25) is 17.7 Å². The molecule has 40 heavy (non-hydrogen) atoms. The van der Waals surface area contributed by atoms with Crippen molar-refractivity contribution >= 4 is 23.7 Å². The zero-order chi connectivity index (χ0) is 30.0. The summed E-state index contributed by atoms with van der Waals surface area (Å²) in [5.41, 5.74) is 10.9. The van der Waals surface area contributed by atoms with Gasteiger partial charge in [0.15, 0.2) is 11.6 Å². The Hall–Kier alpha value is -3.23. The Morgan fingerprint density at radius 3 is 2.48 bits per heavy atom. The van der Waals surface area contributed by atoms with E-state index in [-0.39, 0.29) is 50.4 Å². The minimum absolute atomic E-state index is 0.0342. The molecule has 1 aromatic carbocycles. The molecule has 1 unspecified atom stereocenters. The molecule has 0 aliphatic carbocycles. The Morgan fingerprint density at radius 1 is 1.18 bits per heavy atom. The Kier molecular flexibility index (Phi) is 12.8. The summed E-state index contributed by atoms with van der Waals surface area (Å²) in [5.74, 6) is -6.26. The number of carboxylic acids is 1. The van der Waals surface area contributed by atoms with E-state index < -0.39 is 65.3 Å². The number of carboxylic acid groups (broad SMARTS) is 1. The minimum atomic E-state index is -1.33. The van der Waals surface area contributed by atoms with E-state index >= 15 is 0 Å². The summed E-state index contributed by atoms with van der Waals surface area (Å²) in [6.07, 6.45) is 0.629. The Balaban J connectivity index is 1.96. The molecule has 1 aliphatic rings. The fourth-order valence-corrected chi connectivity index (χ4v) is 4.69. The number of nitrogens with two attached hydrogens (primary N) is 2. The number of aliphatic carboxylic acids is 1. The molecule has 2 rings (SSSR count). The van der Waals surface area contributed by atoms with Crippen molar-refractivity contribution in [2.75, 3.05) is 19.8 Å². The van der Waals surface area contributed by atoms with Gasteiger partial charge in [0, 0.05) is 56.6 Å². The SMILES string of the molecule is CCOCC(CCCC(N)=O)N[C@@H](C)C(=O)N1C[C@@H](NC(=O)C[C@H](N)Cc2cc(F)c(F)cc2F)C[C@H]1C(=O)O. The van der Waals surface area contributed by atoms with Crippen LogP contribution >= 0.6 is 0 Å². The van der Waals surface area contributed by atoms with Crippen LogP contribution in [0.4, 0.5) is 13.2 Å². The molecular formula is C26H38F3N5O6. The van der Waals surface area contributed by atoms with E-state index in [0.29, 0.717) is 31.6 Å². The summed E-state index contributed by atoms with van der Waals surface area (Å²) in [6, 6.07) is -2.74. The lowest BCUT2D eigenvalue weighted by atomic mass is 10.0. The van der Waals surface area contributed by atoms with Crippen LogP contribution in [0.25, 0.3) is 0 Å². The molecule has 0 spiro atoms. The Morgan fingerprint density at radius 2 is 1.85 bits per heavy atom. The fraction of sp³-hybridized carbons (Fsp3) is 0.615. The smallest absolute Gasteiger partial charge is 0.326 e. The number of nitrogens with one attached hydrogen (secondary N) is 2. The lowest BCUT2D eigenvalue weighted by molar-refractivity contribution is -0.149. The summed E-state index contributed by atoms with van der Waals surface area (Å²) in [6.45, 7) is 4.08. The number of likely N-dealkylation sites (tertiary alicyclic amines) is 1.